The summed E-state index contributed by atoms with van der Waals surface area (Å²) < 4.78 is 0. The third-order valence-corrected chi connectivity index (χ3v) is 2.71. The van der Waals surface area contributed by atoms with Crippen LogP contribution in [-0.2, 0) is 9.59 Å². The molecule has 1 unspecified atom stereocenters. The second-order valence-corrected chi connectivity index (χ2v) is 5.09. The number of amides is 3. The molecule has 0 bridgehead atoms. The van der Waals surface area contributed by atoms with Gasteiger partial charge in [-0.15, -0.1) is 0 Å². The first-order valence-electron chi connectivity index (χ1n) is 6.80. The van der Waals surface area contributed by atoms with Gasteiger partial charge in [-0.25, -0.2) is 4.79 Å². The summed E-state index contributed by atoms with van der Waals surface area (Å²) in [6, 6.07) is -0.850. The Hall–Kier alpha value is -1.79. The number of carboxylic acids is 1. The number of aliphatic carboxylic acids is 1. The molecule has 0 aromatic carbocycles. The van der Waals surface area contributed by atoms with Crippen molar-refractivity contribution >= 4 is 17.9 Å². The minimum absolute atomic E-state index is 0.109. The van der Waals surface area contributed by atoms with Crippen molar-refractivity contribution in [3.63, 3.8) is 0 Å². The number of carbonyl (C=O) groups excluding carboxylic acids is 2. The second kappa shape index (κ2) is 9.17. The maximum atomic E-state index is 11.9. The van der Waals surface area contributed by atoms with Crippen LogP contribution in [0.3, 0.4) is 0 Å². The third kappa shape index (κ3) is 7.60. The average Bonchev–Trinajstić information content (AvgIpc) is 2.33. The molecule has 0 aliphatic rings. The molecule has 0 saturated heterocycles. The number of hydrogen-bond acceptors (Lipinski definition) is 3. The highest BCUT2D eigenvalue weighted by molar-refractivity contribution is 5.84. The summed E-state index contributed by atoms with van der Waals surface area (Å²) in [5.41, 5.74) is 0. The van der Waals surface area contributed by atoms with Crippen LogP contribution in [-0.4, -0.2) is 53.6 Å². The van der Waals surface area contributed by atoms with Crippen molar-refractivity contribution < 1.29 is 19.5 Å². The highest BCUT2D eigenvalue weighted by Crippen LogP contribution is 2.03. The van der Waals surface area contributed by atoms with Gasteiger partial charge in [-0.2, -0.15) is 0 Å². The molecule has 0 saturated carbocycles. The molecule has 20 heavy (non-hydrogen) atoms. The Balaban J connectivity index is 4.22. The zero-order valence-corrected chi connectivity index (χ0v) is 12.6. The molecule has 0 heterocycles. The topological polar surface area (TPSA) is 98.7 Å². The summed E-state index contributed by atoms with van der Waals surface area (Å²) in [5, 5.41) is 13.9. The van der Waals surface area contributed by atoms with Crippen LogP contribution in [0.5, 0.6) is 0 Å². The molecule has 0 aliphatic carbocycles. The number of urea groups is 1. The predicted octanol–water partition coefficient (Wildman–Crippen LogP) is 0.653. The van der Waals surface area contributed by atoms with Gasteiger partial charge >= 0.3 is 12.0 Å². The first kappa shape index (κ1) is 18.2. The molecule has 0 radical (unpaired) electrons. The summed E-state index contributed by atoms with van der Waals surface area (Å²) in [4.78, 5) is 35.4. The Labute approximate surface area is 119 Å². The van der Waals surface area contributed by atoms with Crippen LogP contribution in [0.1, 0.15) is 34.1 Å². The van der Waals surface area contributed by atoms with Gasteiger partial charge in [-0.3, -0.25) is 9.59 Å². The van der Waals surface area contributed by atoms with Gasteiger partial charge in [0.1, 0.15) is 0 Å². The molecule has 3 N–H and O–H groups in total. The van der Waals surface area contributed by atoms with Gasteiger partial charge in [-0.1, -0.05) is 13.8 Å². The van der Waals surface area contributed by atoms with E-state index in [1.54, 1.807) is 13.8 Å². The lowest BCUT2D eigenvalue weighted by Gasteiger charge is -2.27. The molecule has 0 fully saturated rings. The monoisotopic (exact) mass is 287 g/mol. The molecule has 0 aromatic heterocycles. The minimum Gasteiger partial charge on any atom is -0.481 e. The number of nitrogens with zero attached hydrogens (tertiary/aromatic N) is 1. The summed E-state index contributed by atoms with van der Waals surface area (Å²) in [6.07, 6.45) is -0.124. The van der Waals surface area contributed by atoms with Gasteiger partial charge in [0.05, 0.1) is 13.0 Å². The van der Waals surface area contributed by atoms with Crippen LogP contribution < -0.4 is 10.6 Å². The maximum absolute atomic E-state index is 11.9. The fourth-order valence-corrected chi connectivity index (χ4v) is 1.66. The molecule has 0 aliphatic heterocycles. The fourth-order valence-electron chi connectivity index (χ4n) is 1.66. The third-order valence-electron chi connectivity index (χ3n) is 2.71. The first-order valence-corrected chi connectivity index (χ1v) is 6.80. The van der Waals surface area contributed by atoms with E-state index < -0.39 is 18.0 Å². The standard InChI is InChI=1S/C13H25N3O4/c1-5-16(10(4)6-12(18)19)13(20)15-8-11(17)14-7-9(2)3/h9-10H,5-8H2,1-4H3,(H,14,17)(H,15,20)(H,18,19). The summed E-state index contributed by atoms with van der Waals surface area (Å²) in [7, 11) is 0. The normalized spacial score (nSPS) is 11.8. The molecule has 7 nitrogen and oxygen atoms in total. The summed E-state index contributed by atoms with van der Waals surface area (Å²) >= 11 is 0. The quantitative estimate of drug-likeness (QED) is 0.610. The highest BCUT2D eigenvalue weighted by Gasteiger charge is 2.20. The van der Waals surface area contributed by atoms with E-state index in [-0.39, 0.29) is 18.9 Å². The lowest BCUT2D eigenvalue weighted by atomic mass is 10.2. The number of carboxylic acid groups (broad SMARTS) is 1. The van der Waals surface area contributed by atoms with Crippen LogP contribution in [0.2, 0.25) is 0 Å². The Kier molecular flexibility index (Phi) is 8.35. The number of carbonyl (C=O) groups is 3. The molecule has 0 rings (SSSR count). The van der Waals surface area contributed by atoms with E-state index in [2.05, 4.69) is 10.6 Å². The Morgan fingerprint density at radius 2 is 1.75 bits per heavy atom. The van der Waals surface area contributed by atoms with E-state index in [1.165, 1.54) is 4.90 Å². The predicted molar refractivity (Wildman–Crippen MR) is 75.3 cm³/mol. The summed E-state index contributed by atoms with van der Waals surface area (Å²) in [5.74, 6) is -0.871. The molecule has 1 atom stereocenters. The zero-order valence-electron chi connectivity index (χ0n) is 12.6. The van der Waals surface area contributed by atoms with Crippen LogP contribution in [0.4, 0.5) is 4.79 Å². The van der Waals surface area contributed by atoms with E-state index in [9.17, 15) is 14.4 Å². The van der Waals surface area contributed by atoms with Gasteiger partial charge < -0.3 is 20.6 Å². The molecule has 3 amide bonds. The van der Waals surface area contributed by atoms with Gasteiger partial charge in [0, 0.05) is 19.1 Å². The molecule has 7 heteroatoms. The lowest BCUT2D eigenvalue weighted by molar-refractivity contribution is -0.138. The highest BCUT2D eigenvalue weighted by atomic mass is 16.4. The smallest absolute Gasteiger partial charge is 0.318 e. The van der Waals surface area contributed by atoms with Crippen molar-refractivity contribution in [1.82, 2.24) is 15.5 Å². The van der Waals surface area contributed by atoms with Crippen molar-refractivity contribution in [2.75, 3.05) is 19.6 Å². The fraction of sp³-hybridized carbons (Fsp3) is 0.769. The van der Waals surface area contributed by atoms with Crippen molar-refractivity contribution in [3.8, 4) is 0 Å². The molecular formula is C13H25N3O4. The number of hydrogen-bond donors (Lipinski definition) is 3. The van der Waals surface area contributed by atoms with Crippen LogP contribution in [0.15, 0.2) is 0 Å². The van der Waals surface area contributed by atoms with E-state index in [1.807, 2.05) is 13.8 Å². The van der Waals surface area contributed by atoms with Crippen LogP contribution in [0, 0.1) is 5.92 Å². The van der Waals surface area contributed by atoms with E-state index in [4.69, 9.17) is 5.11 Å². The van der Waals surface area contributed by atoms with Gasteiger partial charge in [0.25, 0.3) is 0 Å². The average molecular weight is 287 g/mol. The Morgan fingerprint density at radius 3 is 2.20 bits per heavy atom. The molecule has 116 valence electrons. The molecule has 0 spiro atoms. The largest absolute Gasteiger partial charge is 0.481 e. The maximum Gasteiger partial charge on any atom is 0.318 e. The van der Waals surface area contributed by atoms with Crippen molar-refractivity contribution in [1.29, 1.82) is 0 Å². The Bertz CT molecular complexity index is 345. The number of nitrogens with one attached hydrogen (secondary N) is 2. The zero-order chi connectivity index (χ0) is 15.7. The SMILES string of the molecule is CCN(C(=O)NCC(=O)NCC(C)C)C(C)CC(=O)O. The van der Waals surface area contributed by atoms with Crippen molar-refractivity contribution in [3.05, 3.63) is 0 Å². The number of rotatable bonds is 8. The molecular weight excluding hydrogens is 262 g/mol. The van der Waals surface area contributed by atoms with Crippen LogP contribution in [0.25, 0.3) is 0 Å². The molecule has 0 aromatic rings. The lowest BCUT2D eigenvalue weighted by Crippen LogP contribution is -2.48. The van der Waals surface area contributed by atoms with Gasteiger partial charge in [-0.05, 0) is 19.8 Å². The van der Waals surface area contributed by atoms with E-state index in [0.717, 1.165) is 0 Å². The Morgan fingerprint density at radius 1 is 1.15 bits per heavy atom. The first-order chi connectivity index (χ1) is 9.27. The van der Waals surface area contributed by atoms with Crippen molar-refractivity contribution in [2.24, 2.45) is 5.92 Å². The van der Waals surface area contributed by atoms with E-state index in [0.29, 0.717) is 19.0 Å². The summed E-state index contributed by atoms with van der Waals surface area (Å²) in [6.45, 7) is 8.21. The van der Waals surface area contributed by atoms with Gasteiger partial charge in [0.2, 0.25) is 5.91 Å². The van der Waals surface area contributed by atoms with Crippen molar-refractivity contribution in [2.45, 2.75) is 40.2 Å². The second-order valence-electron chi connectivity index (χ2n) is 5.09. The van der Waals surface area contributed by atoms with Gasteiger partial charge in [0.15, 0.2) is 0 Å². The minimum atomic E-state index is -0.960. The van der Waals surface area contributed by atoms with E-state index >= 15 is 0 Å². The van der Waals surface area contributed by atoms with Crippen LogP contribution >= 0.6 is 0 Å².